The fourth-order valence-corrected chi connectivity index (χ4v) is 4.40. The lowest BCUT2D eigenvalue weighted by Crippen LogP contribution is -2.74. The number of hydrogen-bond acceptors (Lipinski definition) is 5. The van der Waals surface area contributed by atoms with E-state index in [1.165, 1.54) is 5.56 Å². The lowest BCUT2D eigenvalue weighted by molar-refractivity contribution is -0.166. The minimum absolute atomic E-state index is 0.0152. The van der Waals surface area contributed by atoms with Gasteiger partial charge in [0.05, 0.1) is 6.10 Å². The first-order valence-corrected chi connectivity index (χ1v) is 10.4. The Morgan fingerprint density at radius 3 is 2.68 bits per heavy atom. The van der Waals surface area contributed by atoms with Crippen LogP contribution in [0.4, 0.5) is 5.69 Å². The number of nitrogens with one attached hydrogen (secondary N) is 1. The zero-order valence-electron chi connectivity index (χ0n) is 17.4. The minimum Gasteiger partial charge on any atom is -0.396 e. The molecule has 156 valence electrons. The number of aliphatic hydroxyl groups excluding tert-OH is 1. The van der Waals surface area contributed by atoms with Gasteiger partial charge in [-0.05, 0) is 56.5 Å². The molecular weight excluding hydrogens is 354 g/mol. The topological polar surface area (TPSA) is 87.8 Å². The van der Waals surface area contributed by atoms with E-state index in [0.29, 0.717) is 18.9 Å². The lowest BCUT2D eigenvalue weighted by atomic mass is 9.54. The van der Waals surface area contributed by atoms with Crippen molar-refractivity contribution in [3.8, 4) is 0 Å². The molecule has 2 fully saturated rings. The standard InChI is InChI=1S/C22H35N3O3/c1-4-28-19-13-22(23,21(19,2)3)20(27)24-18-7-5-6-17(12-18)14-25-10-8-16(15-26)9-11-25/h5-7,12,16,19,26H,4,8-11,13-15,23H2,1-3H3,(H,24,27). The summed E-state index contributed by atoms with van der Waals surface area (Å²) < 4.78 is 5.73. The van der Waals surface area contributed by atoms with Crippen molar-refractivity contribution in [2.24, 2.45) is 17.1 Å². The third kappa shape index (κ3) is 4.10. The molecule has 0 radical (unpaired) electrons. The number of piperidine rings is 1. The van der Waals surface area contributed by atoms with Crippen LogP contribution in [0, 0.1) is 11.3 Å². The predicted molar refractivity (Wildman–Crippen MR) is 111 cm³/mol. The highest BCUT2D eigenvalue weighted by Crippen LogP contribution is 2.50. The van der Waals surface area contributed by atoms with Gasteiger partial charge in [-0.15, -0.1) is 0 Å². The molecule has 3 rings (SSSR count). The Hall–Kier alpha value is -1.47. The van der Waals surface area contributed by atoms with Crippen LogP contribution in [0.3, 0.4) is 0 Å². The van der Waals surface area contributed by atoms with Crippen molar-refractivity contribution in [1.82, 2.24) is 4.90 Å². The number of likely N-dealkylation sites (tertiary alicyclic amines) is 1. The van der Waals surface area contributed by atoms with E-state index in [4.69, 9.17) is 10.5 Å². The molecule has 2 aliphatic rings. The molecule has 4 N–H and O–H groups in total. The molecule has 1 aliphatic carbocycles. The Morgan fingerprint density at radius 1 is 1.36 bits per heavy atom. The molecule has 6 nitrogen and oxygen atoms in total. The molecule has 1 heterocycles. The van der Waals surface area contributed by atoms with Crippen molar-refractivity contribution in [3.63, 3.8) is 0 Å². The summed E-state index contributed by atoms with van der Waals surface area (Å²) in [5, 5.41) is 12.3. The van der Waals surface area contributed by atoms with Crippen molar-refractivity contribution in [3.05, 3.63) is 29.8 Å². The van der Waals surface area contributed by atoms with Crippen LogP contribution in [-0.4, -0.2) is 53.9 Å². The first kappa shape index (κ1) is 21.2. The molecule has 0 spiro atoms. The highest BCUT2D eigenvalue weighted by molar-refractivity contribution is 5.99. The molecule has 1 aromatic carbocycles. The zero-order chi connectivity index (χ0) is 20.4. The molecule has 2 atom stereocenters. The van der Waals surface area contributed by atoms with Crippen LogP contribution in [0.15, 0.2) is 24.3 Å². The fourth-order valence-electron chi connectivity index (χ4n) is 4.40. The van der Waals surface area contributed by atoms with Crippen molar-refractivity contribution < 1.29 is 14.6 Å². The zero-order valence-corrected chi connectivity index (χ0v) is 17.4. The van der Waals surface area contributed by atoms with Crippen molar-refractivity contribution in [2.75, 3.05) is 31.6 Å². The minimum atomic E-state index is -0.922. The van der Waals surface area contributed by atoms with E-state index >= 15 is 0 Å². The van der Waals surface area contributed by atoms with Crippen LogP contribution >= 0.6 is 0 Å². The van der Waals surface area contributed by atoms with Crippen LogP contribution < -0.4 is 11.1 Å². The number of carbonyl (C=O) groups is 1. The Labute approximate surface area is 168 Å². The maximum Gasteiger partial charge on any atom is 0.245 e. The van der Waals surface area contributed by atoms with E-state index in [1.54, 1.807) is 0 Å². The molecule has 1 amide bonds. The van der Waals surface area contributed by atoms with E-state index in [2.05, 4.69) is 16.3 Å². The number of hydrogen-bond donors (Lipinski definition) is 3. The quantitative estimate of drug-likeness (QED) is 0.666. The first-order valence-electron chi connectivity index (χ1n) is 10.4. The molecule has 0 aromatic heterocycles. The predicted octanol–water partition coefficient (Wildman–Crippen LogP) is 2.36. The monoisotopic (exact) mass is 389 g/mol. The van der Waals surface area contributed by atoms with Crippen molar-refractivity contribution in [1.29, 1.82) is 0 Å². The maximum atomic E-state index is 12.9. The van der Waals surface area contributed by atoms with Crippen LogP contribution in [0.2, 0.25) is 0 Å². The normalized spacial score (nSPS) is 28.0. The second kappa shape index (κ2) is 8.49. The van der Waals surface area contributed by atoms with Gasteiger partial charge in [-0.25, -0.2) is 0 Å². The molecule has 0 bridgehead atoms. The Balaban J connectivity index is 1.59. The number of rotatable bonds is 7. The second-order valence-electron chi connectivity index (χ2n) is 8.90. The van der Waals surface area contributed by atoms with E-state index in [9.17, 15) is 9.90 Å². The van der Waals surface area contributed by atoms with Gasteiger partial charge in [-0.2, -0.15) is 0 Å². The van der Waals surface area contributed by atoms with Crippen molar-refractivity contribution >= 4 is 11.6 Å². The summed E-state index contributed by atoms with van der Waals surface area (Å²) in [6, 6.07) is 8.01. The third-order valence-electron chi connectivity index (χ3n) is 6.79. The smallest absolute Gasteiger partial charge is 0.245 e. The number of benzene rings is 1. The van der Waals surface area contributed by atoms with Gasteiger partial charge >= 0.3 is 0 Å². The summed E-state index contributed by atoms with van der Waals surface area (Å²) in [6.45, 7) is 9.74. The Morgan fingerprint density at radius 2 is 2.07 bits per heavy atom. The van der Waals surface area contributed by atoms with Gasteiger partial charge in [0.15, 0.2) is 0 Å². The SMILES string of the molecule is CCOC1CC(N)(C(=O)Nc2cccc(CN3CCC(CO)CC3)c2)C1(C)C. The molecule has 2 unspecified atom stereocenters. The van der Waals surface area contributed by atoms with Crippen LogP contribution in [0.1, 0.15) is 45.6 Å². The molecule has 6 heteroatoms. The first-order chi connectivity index (χ1) is 13.3. The van der Waals surface area contributed by atoms with Gasteiger partial charge in [0.1, 0.15) is 5.54 Å². The number of ether oxygens (including phenoxy) is 1. The maximum absolute atomic E-state index is 12.9. The summed E-state index contributed by atoms with van der Waals surface area (Å²) in [5.41, 5.74) is 7.12. The van der Waals surface area contributed by atoms with Gasteiger partial charge in [-0.1, -0.05) is 26.0 Å². The van der Waals surface area contributed by atoms with Gasteiger partial charge < -0.3 is 20.9 Å². The third-order valence-corrected chi connectivity index (χ3v) is 6.79. The highest BCUT2D eigenvalue weighted by Gasteiger charge is 2.62. The van der Waals surface area contributed by atoms with E-state index in [-0.39, 0.29) is 18.6 Å². The highest BCUT2D eigenvalue weighted by atomic mass is 16.5. The van der Waals surface area contributed by atoms with Crippen LogP contribution in [0.25, 0.3) is 0 Å². The van der Waals surface area contributed by atoms with Gasteiger partial charge in [-0.3, -0.25) is 9.69 Å². The van der Waals surface area contributed by atoms with Crippen LogP contribution in [0.5, 0.6) is 0 Å². The second-order valence-corrected chi connectivity index (χ2v) is 8.90. The Kier molecular flexibility index (Phi) is 6.44. The number of carbonyl (C=O) groups excluding carboxylic acids is 1. The summed E-state index contributed by atoms with van der Waals surface area (Å²) in [6.07, 6.45) is 2.64. The van der Waals surface area contributed by atoms with Gasteiger partial charge in [0.2, 0.25) is 5.91 Å². The van der Waals surface area contributed by atoms with Gasteiger partial charge in [0, 0.05) is 37.3 Å². The van der Waals surface area contributed by atoms with Crippen molar-refractivity contribution in [2.45, 2.75) is 58.2 Å². The number of nitrogens with zero attached hydrogens (tertiary/aromatic N) is 1. The van der Waals surface area contributed by atoms with Gasteiger partial charge in [0.25, 0.3) is 0 Å². The summed E-state index contributed by atoms with van der Waals surface area (Å²) in [4.78, 5) is 15.3. The fraction of sp³-hybridized carbons (Fsp3) is 0.682. The summed E-state index contributed by atoms with van der Waals surface area (Å²) in [7, 11) is 0. The van der Waals surface area contributed by atoms with E-state index in [1.807, 2.05) is 39.0 Å². The average molecular weight is 390 g/mol. The molecule has 1 aliphatic heterocycles. The summed E-state index contributed by atoms with van der Waals surface area (Å²) in [5.74, 6) is 0.295. The molecule has 1 saturated heterocycles. The number of nitrogens with two attached hydrogens (primary N) is 1. The average Bonchev–Trinajstić information content (AvgIpc) is 2.68. The molecule has 1 saturated carbocycles. The molecule has 1 aromatic rings. The van der Waals surface area contributed by atoms with E-state index < -0.39 is 11.0 Å². The molecule has 28 heavy (non-hydrogen) atoms. The number of aliphatic hydroxyl groups is 1. The number of amides is 1. The molecular formula is C22H35N3O3. The largest absolute Gasteiger partial charge is 0.396 e. The van der Waals surface area contributed by atoms with E-state index in [0.717, 1.165) is 38.2 Å². The number of anilines is 1. The Bertz CT molecular complexity index is 685. The summed E-state index contributed by atoms with van der Waals surface area (Å²) >= 11 is 0. The lowest BCUT2D eigenvalue weighted by Gasteiger charge is -2.57. The van der Waals surface area contributed by atoms with Crippen LogP contribution in [-0.2, 0) is 16.1 Å².